The fraction of sp³-hybridized carbons (Fsp3) is 1.00. The summed E-state index contributed by atoms with van der Waals surface area (Å²) >= 11 is 0. The SMILES string of the molecule is CCCCCCCCCCCCCC(F)CCCCCCC. The molecule has 134 valence electrons. The lowest BCUT2D eigenvalue weighted by atomic mass is 10.0. The van der Waals surface area contributed by atoms with E-state index in [0.29, 0.717) is 0 Å². The highest BCUT2D eigenvalue weighted by atomic mass is 19.1. The van der Waals surface area contributed by atoms with Crippen LogP contribution in [0.1, 0.15) is 129 Å². The smallest absolute Gasteiger partial charge is 0.100 e. The van der Waals surface area contributed by atoms with Gasteiger partial charge >= 0.3 is 0 Å². The van der Waals surface area contributed by atoms with E-state index in [-0.39, 0.29) is 0 Å². The maximum absolute atomic E-state index is 13.7. The quantitative estimate of drug-likeness (QED) is 0.223. The minimum Gasteiger partial charge on any atom is -0.247 e. The van der Waals surface area contributed by atoms with E-state index >= 15 is 0 Å². The standard InChI is InChI=1S/C21H43F/c1-3-5-7-9-10-11-12-13-14-16-18-20-21(22)19-17-15-8-6-4-2/h21H,3-20H2,1-2H3. The molecule has 0 rings (SSSR count). The summed E-state index contributed by atoms with van der Waals surface area (Å²) in [5.74, 6) is 0. The van der Waals surface area contributed by atoms with E-state index in [0.717, 1.165) is 25.7 Å². The third-order valence-electron chi connectivity index (χ3n) is 4.74. The molecule has 1 unspecified atom stereocenters. The maximum Gasteiger partial charge on any atom is 0.100 e. The second-order valence-electron chi connectivity index (χ2n) is 7.12. The number of halogens is 1. The van der Waals surface area contributed by atoms with Crippen molar-refractivity contribution in [3.05, 3.63) is 0 Å². The molecule has 0 aliphatic heterocycles. The normalized spacial score (nSPS) is 12.7. The molecule has 0 amide bonds. The zero-order valence-corrected chi connectivity index (χ0v) is 15.7. The molecule has 22 heavy (non-hydrogen) atoms. The predicted molar refractivity (Wildman–Crippen MR) is 99.4 cm³/mol. The van der Waals surface area contributed by atoms with Crippen molar-refractivity contribution in [2.45, 2.75) is 136 Å². The van der Waals surface area contributed by atoms with E-state index in [9.17, 15) is 4.39 Å². The third kappa shape index (κ3) is 18.0. The first-order valence-corrected chi connectivity index (χ1v) is 10.4. The lowest BCUT2D eigenvalue weighted by molar-refractivity contribution is 0.279. The molecule has 0 aromatic carbocycles. The Bertz CT molecular complexity index is 190. The van der Waals surface area contributed by atoms with Gasteiger partial charge in [-0.25, -0.2) is 4.39 Å². The van der Waals surface area contributed by atoms with Crippen molar-refractivity contribution < 1.29 is 4.39 Å². The molecule has 0 N–H and O–H groups in total. The van der Waals surface area contributed by atoms with Crippen LogP contribution in [0.25, 0.3) is 0 Å². The van der Waals surface area contributed by atoms with Gasteiger partial charge in [0.15, 0.2) is 0 Å². The first kappa shape index (κ1) is 21.9. The highest BCUT2D eigenvalue weighted by Gasteiger charge is 2.05. The van der Waals surface area contributed by atoms with Crippen LogP contribution >= 0.6 is 0 Å². The van der Waals surface area contributed by atoms with Crippen LogP contribution in [-0.2, 0) is 0 Å². The molecule has 0 radical (unpaired) electrons. The van der Waals surface area contributed by atoms with Crippen LogP contribution in [0.3, 0.4) is 0 Å². The summed E-state index contributed by atoms with van der Waals surface area (Å²) in [5.41, 5.74) is 0. The molecule has 0 aliphatic carbocycles. The van der Waals surface area contributed by atoms with Gasteiger partial charge in [0.1, 0.15) is 6.17 Å². The van der Waals surface area contributed by atoms with E-state index < -0.39 is 6.17 Å². The average Bonchev–Trinajstić information content (AvgIpc) is 2.52. The number of alkyl halides is 1. The molecule has 0 saturated heterocycles. The van der Waals surface area contributed by atoms with Gasteiger partial charge in [-0.1, -0.05) is 117 Å². The lowest BCUT2D eigenvalue weighted by Gasteiger charge is -2.08. The first-order chi connectivity index (χ1) is 10.8. The highest BCUT2D eigenvalue weighted by molar-refractivity contribution is 4.58. The van der Waals surface area contributed by atoms with Crippen molar-refractivity contribution in [1.82, 2.24) is 0 Å². The van der Waals surface area contributed by atoms with Gasteiger partial charge in [-0.15, -0.1) is 0 Å². The summed E-state index contributed by atoms with van der Waals surface area (Å²) in [6, 6.07) is 0. The molecule has 1 atom stereocenters. The molecule has 0 aromatic rings. The van der Waals surface area contributed by atoms with Crippen LogP contribution in [-0.4, -0.2) is 6.17 Å². The van der Waals surface area contributed by atoms with Crippen molar-refractivity contribution in [3.63, 3.8) is 0 Å². The van der Waals surface area contributed by atoms with E-state index in [4.69, 9.17) is 0 Å². The fourth-order valence-corrected chi connectivity index (χ4v) is 3.14. The van der Waals surface area contributed by atoms with E-state index in [1.54, 1.807) is 0 Å². The van der Waals surface area contributed by atoms with Crippen molar-refractivity contribution in [3.8, 4) is 0 Å². The van der Waals surface area contributed by atoms with Crippen LogP contribution in [0, 0.1) is 0 Å². The largest absolute Gasteiger partial charge is 0.247 e. The molecule has 0 aliphatic rings. The maximum atomic E-state index is 13.7. The summed E-state index contributed by atoms with van der Waals surface area (Å²) in [6.45, 7) is 4.50. The second-order valence-corrected chi connectivity index (χ2v) is 7.12. The third-order valence-corrected chi connectivity index (χ3v) is 4.74. The molecule has 0 fully saturated rings. The van der Waals surface area contributed by atoms with Gasteiger partial charge in [-0.05, 0) is 12.8 Å². The minimum absolute atomic E-state index is 0.528. The summed E-state index contributed by atoms with van der Waals surface area (Å²) in [6.07, 6.45) is 22.1. The van der Waals surface area contributed by atoms with Crippen LogP contribution < -0.4 is 0 Å². The monoisotopic (exact) mass is 314 g/mol. The molecule has 1 heteroatoms. The van der Waals surface area contributed by atoms with Crippen molar-refractivity contribution in [1.29, 1.82) is 0 Å². The second kappa shape index (κ2) is 19.0. The van der Waals surface area contributed by atoms with Gasteiger partial charge in [0.2, 0.25) is 0 Å². The zero-order chi connectivity index (χ0) is 16.3. The number of unbranched alkanes of at least 4 members (excludes halogenated alkanes) is 14. The van der Waals surface area contributed by atoms with E-state index in [1.807, 2.05) is 0 Å². The van der Waals surface area contributed by atoms with Crippen LogP contribution in [0.4, 0.5) is 4.39 Å². The Labute approximate surface area is 140 Å². The molecule has 0 saturated carbocycles. The summed E-state index contributed by atoms with van der Waals surface area (Å²) in [5, 5.41) is 0. The van der Waals surface area contributed by atoms with Gasteiger partial charge in [-0.3, -0.25) is 0 Å². The summed E-state index contributed by atoms with van der Waals surface area (Å²) < 4.78 is 13.7. The van der Waals surface area contributed by atoms with E-state index in [1.165, 1.54) is 89.9 Å². The zero-order valence-electron chi connectivity index (χ0n) is 15.7. The molecular formula is C21H43F. The van der Waals surface area contributed by atoms with Crippen LogP contribution in [0.5, 0.6) is 0 Å². The molecule has 0 spiro atoms. The van der Waals surface area contributed by atoms with Gasteiger partial charge in [0.25, 0.3) is 0 Å². The Hall–Kier alpha value is -0.0700. The summed E-state index contributed by atoms with van der Waals surface area (Å²) in [4.78, 5) is 0. The Morgan fingerprint density at radius 1 is 0.455 bits per heavy atom. The van der Waals surface area contributed by atoms with Crippen molar-refractivity contribution in [2.24, 2.45) is 0 Å². The van der Waals surface area contributed by atoms with Gasteiger partial charge in [-0.2, -0.15) is 0 Å². The fourth-order valence-electron chi connectivity index (χ4n) is 3.14. The molecule has 0 nitrogen and oxygen atoms in total. The van der Waals surface area contributed by atoms with Crippen LogP contribution in [0.15, 0.2) is 0 Å². The molecular weight excluding hydrogens is 271 g/mol. The molecule has 0 aromatic heterocycles. The molecule has 0 heterocycles. The number of hydrogen-bond acceptors (Lipinski definition) is 0. The lowest BCUT2D eigenvalue weighted by Crippen LogP contribution is -1.99. The highest BCUT2D eigenvalue weighted by Crippen LogP contribution is 2.16. The van der Waals surface area contributed by atoms with E-state index in [2.05, 4.69) is 13.8 Å². The van der Waals surface area contributed by atoms with Gasteiger partial charge in [0, 0.05) is 0 Å². The van der Waals surface area contributed by atoms with Gasteiger partial charge < -0.3 is 0 Å². The minimum atomic E-state index is -0.528. The molecule has 0 bridgehead atoms. The Morgan fingerprint density at radius 3 is 1.05 bits per heavy atom. The van der Waals surface area contributed by atoms with Crippen molar-refractivity contribution >= 4 is 0 Å². The predicted octanol–water partition coefficient (Wildman–Crippen LogP) is 8.39. The van der Waals surface area contributed by atoms with Gasteiger partial charge in [0.05, 0.1) is 0 Å². The Kier molecular flexibility index (Phi) is 18.9. The topological polar surface area (TPSA) is 0 Å². The van der Waals surface area contributed by atoms with Crippen molar-refractivity contribution in [2.75, 3.05) is 0 Å². The summed E-state index contributed by atoms with van der Waals surface area (Å²) in [7, 11) is 0. The first-order valence-electron chi connectivity index (χ1n) is 10.4. The Morgan fingerprint density at radius 2 is 0.727 bits per heavy atom. The Balaban J connectivity index is 3.09. The average molecular weight is 315 g/mol. The number of rotatable bonds is 18. The van der Waals surface area contributed by atoms with Crippen LogP contribution in [0.2, 0.25) is 0 Å². The number of hydrogen-bond donors (Lipinski definition) is 0.